The average Bonchev–Trinajstić information content (AvgIpc) is 2.51. The summed E-state index contributed by atoms with van der Waals surface area (Å²) < 4.78 is 5.04. The van der Waals surface area contributed by atoms with Crippen molar-refractivity contribution in [1.29, 1.82) is 0 Å². The molecule has 0 unspecified atom stereocenters. The molecule has 0 bridgehead atoms. The quantitative estimate of drug-likeness (QED) is 0.504. The van der Waals surface area contributed by atoms with Crippen LogP contribution in [0.1, 0.15) is 5.56 Å². The van der Waals surface area contributed by atoms with E-state index in [-0.39, 0.29) is 0 Å². The summed E-state index contributed by atoms with van der Waals surface area (Å²) in [7, 11) is 1.58. The molecule has 2 aromatic rings. The fraction of sp³-hybridized carbons (Fsp3) is 0.0667. The Morgan fingerprint density at radius 2 is 1.86 bits per heavy atom. The second-order valence-electron chi connectivity index (χ2n) is 4.14. The smallest absolute Gasteiger partial charge is 0.437 e. The summed E-state index contributed by atoms with van der Waals surface area (Å²) in [6.07, 6.45) is 0.677. The van der Waals surface area contributed by atoms with Gasteiger partial charge in [0.2, 0.25) is 0 Å². The number of benzene rings is 2. The molecule has 1 N–H and O–H groups in total. The maximum Gasteiger partial charge on any atom is 0.437 e. The molecule has 2 rings (SSSR count). The zero-order chi connectivity index (χ0) is 15.9. The number of halogens is 2. The zero-order valence-corrected chi connectivity index (χ0v) is 13.1. The summed E-state index contributed by atoms with van der Waals surface area (Å²) in [5.74, 6) is 0.732. The van der Waals surface area contributed by atoms with E-state index in [0.29, 0.717) is 15.7 Å². The summed E-state index contributed by atoms with van der Waals surface area (Å²) in [5, 5.41) is 6.81. The molecule has 2 aromatic carbocycles. The fourth-order valence-corrected chi connectivity index (χ4v) is 1.84. The molecule has 5 nitrogen and oxygen atoms in total. The van der Waals surface area contributed by atoms with Gasteiger partial charge in [0.1, 0.15) is 5.75 Å². The van der Waals surface area contributed by atoms with E-state index in [1.54, 1.807) is 43.5 Å². The Morgan fingerprint density at radius 3 is 2.50 bits per heavy atom. The lowest BCUT2D eigenvalue weighted by Crippen LogP contribution is -2.10. The van der Waals surface area contributed by atoms with Gasteiger partial charge in [0.15, 0.2) is 0 Å². The van der Waals surface area contributed by atoms with Gasteiger partial charge in [-0.3, -0.25) is 10.2 Å². The molecular weight excluding hydrogens is 327 g/mol. The largest absolute Gasteiger partial charge is 0.497 e. The van der Waals surface area contributed by atoms with Crippen LogP contribution in [0.25, 0.3) is 0 Å². The van der Waals surface area contributed by atoms with E-state index in [1.807, 2.05) is 0 Å². The molecule has 0 aliphatic rings. The van der Waals surface area contributed by atoms with E-state index in [9.17, 15) is 4.79 Å². The number of hydrogen-bond acceptors (Lipinski definition) is 4. The zero-order valence-electron chi connectivity index (χ0n) is 11.5. The van der Waals surface area contributed by atoms with E-state index in [4.69, 9.17) is 27.9 Å². The number of methoxy groups -OCH3 is 1. The van der Waals surface area contributed by atoms with E-state index < -0.39 is 6.09 Å². The first-order valence-electron chi connectivity index (χ1n) is 6.19. The second kappa shape index (κ2) is 7.68. The summed E-state index contributed by atoms with van der Waals surface area (Å²) in [4.78, 5) is 16.2. The Morgan fingerprint density at radius 1 is 1.14 bits per heavy atom. The number of carbonyl (C=O) groups excluding carboxylic acids is 1. The molecule has 0 radical (unpaired) electrons. The van der Waals surface area contributed by atoms with Crippen molar-refractivity contribution in [3.8, 4) is 5.75 Å². The average molecular weight is 339 g/mol. The Hall–Kier alpha value is -2.24. The van der Waals surface area contributed by atoms with Gasteiger partial charge in [-0.15, -0.1) is 0 Å². The van der Waals surface area contributed by atoms with Gasteiger partial charge >= 0.3 is 6.09 Å². The van der Waals surface area contributed by atoms with Crippen LogP contribution >= 0.6 is 23.2 Å². The number of rotatable bonds is 4. The van der Waals surface area contributed by atoms with Crippen LogP contribution in [0.15, 0.2) is 47.6 Å². The maximum atomic E-state index is 11.6. The van der Waals surface area contributed by atoms with Crippen LogP contribution < -0.4 is 10.1 Å². The van der Waals surface area contributed by atoms with Gasteiger partial charge in [-0.2, -0.15) is 0 Å². The first-order valence-corrected chi connectivity index (χ1v) is 6.94. The first-order chi connectivity index (χ1) is 10.6. The highest BCUT2D eigenvalue weighted by Gasteiger charge is 2.05. The van der Waals surface area contributed by atoms with E-state index >= 15 is 0 Å². The van der Waals surface area contributed by atoms with Crippen LogP contribution in [-0.4, -0.2) is 19.4 Å². The Balaban J connectivity index is 1.88. The molecule has 0 aromatic heterocycles. The number of amides is 1. The van der Waals surface area contributed by atoms with E-state index in [2.05, 4.69) is 15.3 Å². The van der Waals surface area contributed by atoms with Crippen molar-refractivity contribution in [2.75, 3.05) is 12.4 Å². The van der Waals surface area contributed by atoms with Crippen molar-refractivity contribution in [3.05, 3.63) is 58.1 Å². The highest BCUT2D eigenvalue weighted by atomic mass is 35.5. The van der Waals surface area contributed by atoms with Gasteiger partial charge in [0.05, 0.1) is 23.4 Å². The number of hydrogen-bond donors (Lipinski definition) is 1. The molecule has 22 heavy (non-hydrogen) atoms. The van der Waals surface area contributed by atoms with Gasteiger partial charge in [-0.05, 0) is 48.0 Å². The Kier molecular flexibility index (Phi) is 5.63. The third kappa shape index (κ3) is 4.65. The number of oxime groups is 1. The lowest BCUT2D eigenvalue weighted by Gasteiger charge is -2.04. The predicted molar refractivity (Wildman–Crippen MR) is 87.2 cm³/mol. The molecule has 0 aliphatic carbocycles. The minimum Gasteiger partial charge on any atom is -0.497 e. The third-order valence-corrected chi connectivity index (χ3v) is 3.36. The van der Waals surface area contributed by atoms with Crippen molar-refractivity contribution in [2.45, 2.75) is 0 Å². The number of nitrogens with one attached hydrogen (secondary N) is 1. The van der Waals surface area contributed by atoms with Crippen molar-refractivity contribution in [3.63, 3.8) is 0 Å². The SMILES string of the molecule is COc1ccc(/C=N/OC(=O)Nc2ccc(Cl)c(Cl)c2)cc1. The van der Waals surface area contributed by atoms with Gasteiger partial charge < -0.3 is 4.74 Å². The summed E-state index contributed by atoms with van der Waals surface area (Å²) in [6.45, 7) is 0. The van der Waals surface area contributed by atoms with E-state index in [1.165, 1.54) is 12.3 Å². The molecule has 0 heterocycles. The molecule has 0 saturated carbocycles. The minimum absolute atomic E-state index is 0.334. The molecule has 7 heteroatoms. The van der Waals surface area contributed by atoms with Crippen LogP contribution in [0.5, 0.6) is 5.75 Å². The Labute approximate surface area is 137 Å². The van der Waals surface area contributed by atoms with Crippen LogP contribution in [0, 0.1) is 0 Å². The number of nitrogens with zero attached hydrogens (tertiary/aromatic N) is 1. The van der Waals surface area contributed by atoms with Gasteiger partial charge in [0, 0.05) is 5.69 Å². The first kappa shape index (κ1) is 16.1. The standard InChI is InChI=1S/C15H12Cl2N2O3/c1-21-12-5-2-10(3-6-12)9-18-22-15(20)19-11-4-7-13(16)14(17)8-11/h2-9H,1H3,(H,19,20)/b18-9+. The molecule has 0 aliphatic heterocycles. The van der Waals surface area contributed by atoms with Crippen molar-refractivity contribution in [1.82, 2.24) is 0 Å². The summed E-state index contributed by atoms with van der Waals surface area (Å²) in [6, 6.07) is 11.8. The van der Waals surface area contributed by atoms with Crippen molar-refractivity contribution in [2.24, 2.45) is 5.16 Å². The molecule has 1 amide bonds. The second-order valence-corrected chi connectivity index (χ2v) is 4.95. The molecular formula is C15H12Cl2N2O3. The van der Waals surface area contributed by atoms with Crippen molar-refractivity contribution < 1.29 is 14.4 Å². The topological polar surface area (TPSA) is 59.9 Å². The Bertz CT molecular complexity index is 688. The molecule has 0 atom stereocenters. The number of anilines is 1. The summed E-state index contributed by atoms with van der Waals surface area (Å²) in [5.41, 5.74) is 1.22. The molecule has 0 saturated heterocycles. The van der Waals surface area contributed by atoms with Gasteiger partial charge in [0.25, 0.3) is 0 Å². The normalized spacial score (nSPS) is 10.5. The molecule has 114 valence electrons. The predicted octanol–water partition coefficient (Wildman–Crippen LogP) is 4.58. The number of carbonyl (C=O) groups is 1. The minimum atomic E-state index is -0.733. The third-order valence-electron chi connectivity index (χ3n) is 2.62. The van der Waals surface area contributed by atoms with Crippen LogP contribution in [0.2, 0.25) is 10.0 Å². The van der Waals surface area contributed by atoms with Crippen LogP contribution in [-0.2, 0) is 4.84 Å². The van der Waals surface area contributed by atoms with Crippen LogP contribution in [0.3, 0.4) is 0 Å². The van der Waals surface area contributed by atoms with E-state index in [0.717, 1.165) is 11.3 Å². The lowest BCUT2D eigenvalue weighted by atomic mass is 10.2. The highest BCUT2D eigenvalue weighted by molar-refractivity contribution is 6.42. The molecule has 0 spiro atoms. The monoisotopic (exact) mass is 338 g/mol. The van der Waals surface area contributed by atoms with Gasteiger partial charge in [-0.1, -0.05) is 28.4 Å². The maximum absolute atomic E-state index is 11.6. The van der Waals surface area contributed by atoms with Gasteiger partial charge in [-0.25, -0.2) is 4.79 Å². The lowest BCUT2D eigenvalue weighted by molar-refractivity contribution is 0.167. The fourth-order valence-electron chi connectivity index (χ4n) is 1.54. The molecule has 0 fully saturated rings. The van der Waals surface area contributed by atoms with Crippen LogP contribution in [0.4, 0.5) is 10.5 Å². The highest BCUT2D eigenvalue weighted by Crippen LogP contribution is 2.25. The van der Waals surface area contributed by atoms with Crippen molar-refractivity contribution >= 4 is 41.2 Å². The number of ether oxygens (including phenoxy) is 1. The summed E-state index contributed by atoms with van der Waals surface area (Å²) >= 11 is 11.6.